The molecule has 2 aromatic carbocycles. The van der Waals surface area contributed by atoms with E-state index in [2.05, 4.69) is 65.3 Å². The van der Waals surface area contributed by atoms with Gasteiger partial charge in [-0.2, -0.15) is 0 Å². The maximum atomic E-state index is 6.23. The fourth-order valence-electron chi connectivity index (χ4n) is 2.03. The van der Waals surface area contributed by atoms with Crippen LogP contribution in [0, 0.1) is 0 Å². The zero-order valence-electron chi connectivity index (χ0n) is 11.7. The Bertz CT molecular complexity index is 539. The van der Waals surface area contributed by atoms with Crippen LogP contribution < -0.4 is 5.73 Å². The fraction of sp³-hybridized carbons (Fsp3) is 0.294. The first-order valence-corrected chi connectivity index (χ1v) is 8.67. The molecule has 0 aromatic heterocycles. The molecule has 0 aliphatic heterocycles. The smallest absolute Gasteiger partial charge is 0.0186 e. The quantitative estimate of drug-likeness (QED) is 0.766. The van der Waals surface area contributed by atoms with Gasteiger partial charge in [-0.1, -0.05) is 53.2 Å². The van der Waals surface area contributed by atoms with Crippen LogP contribution in [0.15, 0.2) is 57.9 Å². The largest absolute Gasteiger partial charge is 0.327 e. The summed E-state index contributed by atoms with van der Waals surface area (Å²) in [6.45, 7) is 2.18. The second-order valence-electron chi connectivity index (χ2n) is 4.90. The lowest BCUT2D eigenvalue weighted by atomic mass is 10.0. The van der Waals surface area contributed by atoms with E-state index in [9.17, 15) is 0 Å². The minimum Gasteiger partial charge on any atom is -0.327 e. The van der Waals surface area contributed by atoms with Crippen molar-refractivity contribution < 1.29 is 0 Å². The van der Waals surface area contributed by atoms with Crippen LogP contribution in [0.25, 0.3) is 0 Å². The van der Waals surface area contributed by atoms with Gasteiger partial charge in [0.05, 0.1) is 0 Å². The van der Waals surface area contributed by atoms with Gasteiger partial charge < -0.3 is 5.73 Å². The van der Waals surface area contributed by atoms with E-state index in [0.29, 0.717) is 0 Å². The first-order chi connectivity index (χ1) is 9.67. The summed E-state index contributed by atoms with van der Waals surface area (Å²) in [5.74, 6) is 0.936. The van der Waals surface area contributed by atoms with Gasteiger partial charge in [0, 0.05) is 21.2 Å². The molecular formula is C17H20BrNS. The third-order valence-corrected chi connectivity index (χ3v) is 4.86. The molecule has 0 saturated carbocycles. The highest BCUT2D eigenvalue weighted by Crippen LogP contribution is 2.22. The summed E-state index contributed by atoms with van der Waals surface area (Å²) in [6, 6.07) is 17.3. The van der Waals surface area contributed by atoms with Crippen LogP contribution in [0.1, 0.15) is 18.1 Å². The second-order valence-corrected chi connectivity index (χ2v) is 6.91. The summed E-state index contributed by atoms with van der Waals surface area (Å²) in [5.41, 5.74) is 8.93. The summed E-state index contributed by atoms with van der Waals surface area (Å²) < 4.78 is 1.12. The summed E-state index contributed by atoms with van der Waals surface area (Å²) >= 11 is 5.31. The van der Waals surface area contributed by atoms with Crippen molar-refractivity contribution in [2.45, 2.75) is 30.7 Å². The average Bonchev–Trinajstić information content (AvgIpc) is 2.46. The summed E-state index contributed by atoms with van der Waals surface area (Å²) in [6.07, 6.45) is 2.02. The number of benzene rings is 2. The Morgan fingerprint density at radius 3 is 2.45 bits per heavy atom. The zero-order chi connectivity index (χ0) is 14.4. The highest BCUT2D eigenvalue weighted by molar-refractivity contribution is 9.10. The minimum absolute atomic E-state index is 0.187. The Morgan fingerprint density at radius 1 is 1.10 bits per heavy atom. The predicted molar refractivity (Wildman–Crippen MR) is 92.4 cm³/mol. The van der Waals surface area contributed by atoms with Crippen molar-refractivity contribution in [1.82, 2.24) is 0 Å². The van der Waals surface area contributed by atoms with Crippen molar-refractivity contribution in [3.05, 3.63) is 64.1 Å². The first kappa shape index (κ1) is 15.6. The molecule has 0 aliphatic rings. The van der Waals surface area contributed by atoms with E-state index in [1.165, 1.54) is 16.0 Å². The SMILES string of the molecule is CCc1ccc(CC(N)CSc2cccc(Br)c2)cc1. The molecule has 2 N–H and O–H groups in total. The van der Waals surface area contributed by atoms with Crippen LogP contribution in [-0.2, 0) is 12.8 Å². The Kier molecular flexibility index (Phi) is 6.14. The highest BCUT2D eigenvalue weighted by atomic mass is 79.9. The molecule has 1 unspecified atom stereocenters. The molecule has 0 fully saturated rings. The van der Waals surface area contributed by atoms with Crippen LogP contribution in [0.3, 0.4) is 0 Å². The molecule has 0 saturated heterocycles. The second kappa shape index (κ2) is 7.87. The number of hydrogen-bond acceptors (Lipinski definition) is 2. The van der Waals surface area contributed by atoms with Gasteiger partial charge >= 0.3 is 0 Å². The van der Waals surface area contributed by atoms with Crippen molar-refractivity contribution in [3.63, 3.8) is 0 Å². The Hall–Kier alpha value is -0.770. The Morgan fingerprint density at radius 2 is 1.80 bits per heavy atom. The molecule has 1 atom stereocenters. The maximum Gasteiger partial charge on any atom is 0.0186 e. The van der Waals surface area contributed by atoms with Crippen molar-refractivity contribution in [3.8, 4) is 0 Å². The summed E-state index contributed by atoms with van der Waals surface area (Å²) in [5, 5.41) is 0. The highest BCUT2D eigenvalue weighted by Gasteiger charge is 2.05. The number of rotatable bonds is 6. The maximum absolute atomic E-state index is 6.23. The Labute approximate surface area is 134 Å². The predicted octanol–water partition coefficient (Wildman–Crippen LogP) is 4.67. The lowest BCUT2D eigenvalue weighted by Gasteiger charge is -2.12. The molecule has 106 valence electrons. The van der Waals surface area contributed by atoms with Gasteiger partial charge in [0.15, 0.2) is 0 Å². The third-order valence-electron chi connectivity index (χ3n) is 3.19. The monoisotopic (exact) mass is 349 g/mol. The molecule has 3 heteroatoms. The van der Waals surface area contributed by atoms with Gasteiger partial charge in [0.2, 0.25) is 0 Å². The van der Waals surface area contributed by atoms with Gasteiger partial charge in [-0.05, 0) is 42.2 Å². The van der Waals surface area contributed by atoms with Gasteiger partial charge in [-0.15, -0.1) is 11.8 Å². The number of nitrogens with two attached hydrogens (primary N) is 1. The van der Waals surface area contributed by atoms with Gasteiger partial charge in [-0.25, -0.2) is 0 Å². The molecule has 0 amide bonds. The molecule has 2 rings (SSSR count). The van der Waals surface area contributed by atoms with E-state index in [1.54, 1.807) is 0 Å². The van der Waals surface area contributed by atoms with E-state index >= 15 is 0 Å². The molecule has 0 radical (unpaired) electrons. The molecule has 1 nitrogen and oxygen atoms in total. The van der Waals surface area contributed by atoms with Crippen LogP contribution in [0.2, 0.25) is 0 Å². The first-order valence-electron chi connectivity index (χ1n) is 6.89. The number of hydrogen-bond donors (Lipinski definition) is 1. The molecule has 0 bridgehead atoms. The normalized spacial score (nSPS) is 12.3. The van der Waals surface area contributed by atoms with Gasteiger partial charge in [0.1, 0.15) is 0 Å². The standard InChI is InChI=1S/C17H20BrNS/c1-2-13-6-8-14(9-7-13)10-16(19)12-20-17-5-3-4-15(18)11-17/h3-9,11,16H,2,10,12,19H2,1H3. The number of halogens is 1. The van der Waals surface area contributed by atoms with Gasteiger partial charge in [0.25, 0.3) is 0 Å². The molecule has 0 heterocycles. The molecule has 0 aliphatic carbocycles. The molecular weight excluding hydrogens is 330 g/mol. The van der Waals surface area contributed by atoms with E-state index in [-0.39, 0.29) is 6.04 Å². The average molecular weight is 350 g/mol. The number of aryl methyl sites for hydroxylation is 1. The third kappa shape index (κ3) is 4.97. The van der Waals surface area contributed by atoms with Crippen molar-refractivity contribution in [2.75, 3.05) is 5.75 Å². The van der Waals surface area contributed by atoms with Crippen molar-refractivity contribution in [2.24, 2.45) is 5.73 Å². The fourth-order valence-corrected chi connectivity index (χ4v) is 3.49. The van der Waals surface area contributed by atoms with Crippen molar-refractivity contribution in [1.29, 1.82) is 0 Å². The van der Waals surface area contributed by atoms with E-state index in [0.717, 1.165) is 23.1 Å². The summed E-state index contributed by atoms with van der Waals surface area (Å²) in [7, 11) is 0. The van der Waals surface area contributed by atoms with Gasteiger partial charge in [-0.3, -0.25) is 0 Å². The molecule has 20 heavy (non-hydrogen) atoms. The summed E-state index contributed by atoms with van der Waals surface area (Å²) in [4.78, 5) is 1.26. The van der Waals surface area contributed by atoms with Crippen LogP contribution in [-0.4, -0.2) is 11.8 Å². The van der Waals surface area contributed by atoms with Crippen LogP contribution in [0.5, 0.6) is 0 Å². The zero-order valence-corrected chi connectivity index (χ0v) is 14.1. The molecule has 0 spiro atoms. The lowest BCUT2D eigenvalue weighted by molar-refractivity contribution is 0.748. The van der Waals surface area contributed by atoms with Crippen molar-refractivity contribution >= 4 is 27.7 Å². The van der Waals surface area contributed by atoms with Crippen LogP contribution >= 0.6 is 27.7 Å². The van der Waals surface area contributed by atoms with E-state index in [4.69, 9.17) is 5.73 Å². The molecule has 2 aromatic rings. The lowest BCUT2D eigenvalue weighted by Crippen LogP contribution is -2.25. The van der Waals surface area contributed by atoms with Crippen LogP contribution in [0.4, 0.5) is 0 Å². The van der Waals surface area contributed by atoms with E-state index in [1.807, 2.05) is 17.8 Å². The topological polar surface area (TPSA) is 26.0 Å². The minimum atomic E-state index is 0.187. The Balaban J connectivity index is 1.84. The van der Waals surface area contributed by atoms with E-state index < -0.39 is 0 Å². The number of thioether (sulfide) groups is 1.